The zero-order chi connectivity index (χ0) is 14.1. The number of aromatic amines is 1. The van der Waals surface area contributed by atoms with Gasteiger partial charge in [0.05, 0.1) is 11.3 Å². The summed E-state index contributed by atoms with van der Waals surface area (Å²) in [6, 6.07) is 14.8. The van der Waals surface area contributed by atoms with Crippen LogP contribution in [0.25, 0.3) is 17.1 Å². The van der Waals surface area contributed by atoms with Crippen LogP contribution in [0.15, 0.2) is 53.0 Å². The van der Waals surface area contributed by atoms with Gasteiger partial charge in [-0.15, -0.1) is 0 Å². The predicted molar refractivity (Wildman–Crippen MR) is 83.5 cm³/mol. The molecular weight excluding hydrogens is 338 g/mol. The second-order valence-corrected chi connectivity index (χ2v) is 5.48. The van der Waals surface area contributed by atoms with E-state index in [1.807, 2.05) is 30.3 Å². The highest BCUT2D eigenvalue weighted by Gasteiger charge is 2.13. The molecule has 0 unspecified atom stereocenters. The highest BCUT2D eigenvalue weighted by Crippen LogP contribution is 2.29. The lowest BCUT2D eigenvalue weighted by Gasteiger charge is -2.08. The van der Waals surface area contributed by atoms with E-state index >= 15 is 0 Å². The van der Waals surface area contributed by atoms with Crippen molar-refractivity contribution in [2.75, 3.05) is 0 Å². The zero-order valence-corrected chi connectivity index (χ0v) is 12.6. The predicted octanol–water partition coefficient (Wildman–Crippen LogP) is 4.06. The number of hydrogen-bond donors (Lipinski definition) is 2. The van der Waals surface area contributed by atoms with E-state index in [1.165, 1.54) is 0 Å². The molecule has 3 aromatic rings. The van der Waals surface area contributed by atoms with Crippen molar-refractivity contribution < 1.29 is 5.11 Å². The average molecular weight is 348 g/mol. The van der Waals surface area contributed by atoms with Crippen LogP contribution in [0, 0.1) is 4.77 Å². The van der Waals surface area contributed by atoms with Gasteiger partial charge in [-0.05, 0) is 48.6 Å². The van der Waals surface area contributed by atoms with Crippen LogP contribution in [0.5, 0.6) is 5.75 Å². The number of para-hydroxylation sites is 1. The summed E-state index contributed by atoms with van der Waals surface area (Å²) in [6.07, 6.45) is 0. The van der Waals surface area contributed by atoms with E-state index in [0.717, 1.165) is 10.2 Å². The number of phenolic OH excluding ortho intramolecular Hbond substituents is 1. The maximum atomic E-state index is 9.98. The van der Waals surface area contributed by atoms with E-state index in [4.69, 9.17) is 12.2 Å². The highest BCUT2D eigenvalue weighted by molar-refractivity contribution is 9.10. The van der Waals surface area contributed by atoms with Gasteiger partial charge in [-0.1, -0.05) is 28.1 Å². The van der Waals surface area contributed by atoms with E-state index in [9.17, 15) is 5.11 Å². The Morgan fingerprint density at radius 1 is 1.10 bits per heavy atom. The summed E-state index contributed by atoms with van der Waals surface area (Å²) < 4.78 is 3.25. The maximum absolute atomic E-state index is 9.98. The average Bonchev–Trinajstić information content (AvgIpc) is 2.82. The van der Waals surface area contributed by atoms with Gasteiger partial charge in [0.2, 0.25) is 0 Å². The molecule has 3 rings (SSSR count). The lowest BCUT2D eigenvalue weighted by molar-refractivity contribution is 0.476. The molecule has 0 aliphatic heterocycles. The number of phenols is 1. The molecule has 0 fully saturated rings. The number of rotatable bonds is 2. The molecule has 6 heteroatoms. The summed E-state index contributed by atoms with van der Waals surface area (Å²) in [4.78, 5) is 0. The van der Waals surface area contributed by atoms with Crippen molar-refractivity contribution in [1.29, 1.82) is 0 Å². The first-order valence-corrected chi connectivity index (χ1v) is 7.08. The molecule has 4 nitrogen and oxygen atoms in total. The van der Waals surface area contributed by atoms with Crippen molar-refractivity contribution in [3.05, 3.63) is 57.8 Å². The normalized spacial score (nSPS) is 10.7. The van der Waals surface area contributed by atoms with Gasteiger partial charge in [0.1, 0.15) is 5.75 Å². The fourth-order valence-corrected chi connectivity index (χ4v) is 2.47. The Hall–Kier alpha value is -1.92. The Morgan fingerprint density at radius 2 is 1.80 bits per heavy atom. The monoisotopic (exact) mass is 347 g/mol. The van der Waals surface area contributed by atoms with Crippen LogP contribution in [0.3, 0.4) is 0 Å². The van der Waals surface area contributed by atoms with Crippen LogP contribution >= 0.6 is 28.1 Å². The lowest BCUT2D eigenvalue weighted by atomic mass is 10.2. The fraction of sp³-hybridized carbons (Fsp3) is 0. The summed E-state index contributed by atoms with van der Waals surface area (Å²) >= 11 is 8.69. The van der Waals surface area contributed by atoms with Crippen molar-refractivity contribution in [1.82, 2.24) is 14.8 Å². The second-order valence-electron chi connectivity index (χ2n) is 4.18. The van der Waals surface area contributed by atoms with Crippen molar-refractivity contribution in [2.24, 2.45) is 0 Å². The first-order valence-electron chi connectivity index (χ1n) is 5.88. The first kappa shape index (κ1) is 13.1. The van der Waals surface area contributed by atoms with E-state index < -0.39 is 0 Å². The van der Waals surface area contributed by atoms with Gasteiger partial charge in [-0.2, -0.15) is 5.10 Å². The molecular formula is C14H10BrN3OS. The fourth-order valence-electron chi connectivity index (χ4n) is 1.97. The molecule has 0 bridgehead atoms. The molecule has 0 amide bonds. The van der Waals surface area contributed by atoms with Gasteiger partial charge in [0.25, 0.3) is 0 Å². The molecule has 1 aromatic heterocycles. The Morgan fingerprint density at radius 3 is 2.50 bits per heavy atom. The number of nitrogens with zero attached hydrogens (tertiary/aromatic N) is 2. The van der Waals surface area contributed by atoms with Crippen LogP contribution in [-0.2, 0) is 0 Å². The molecule has 1 heterocycles. The largest absolute Gasteiger partial charge is 0.507 e. The van der Waals surface area contributed by atoms with Gasteiger partial charge >= 0.3 is 0 Å². The molecule has 20 heavy (non-hydrogen) atoms. The SMILES string of the molecule is Oc1ccccc1-c1n[nH]c(=S)n1-c1ccc(Br)cc1. The third-order valence-corrected chi connectivity index (χ3v) is 3.70. The van der Waals surface area contributed by atoms with Gasteiger partial charge in [-0.25, -0.2) is 0 Å². The maximum Gasteiger partial charge on any atom is 0.200 e. The van der Waals surface area contributed by atoms with Gasteiger partial charge < -0.3 is 5.11 Å². The zero-order valence-electron chi connectivity index (χ0n) is 10.2. The molecule has 0 atom stereocenters. The number of aromatic nitrogens is 3. The van der Waals surface area contributed by atoms with Gasteiger partial charge in [-0.3, -0.25) is 9.67 Å². The van der Waals surface area contributed by atoms with Gasteiger partial charge in [0.15, 0.2) is 10.6 Å². The molecule has 0 saturated heterocycles. The minimum Gasteiger partial charge on any atom is -0.507 e. The van der Waals surface area contributed by atoms with Gasteiger partial charge in [0, 0.05) is 4.47 Å². The summed E-state index contributed by atoms with van der Waals surface area (Å²) in [5.41, 5.74) is 1.51. The number of aromatic hydroxyl groups is 1. The number of hydrogen-bond acceptors (Lipinski definition) is 3. The third-order valence-electron chi connectivity index (χ3n) is 2.90. The Labute approximate surface area is 128 Å². The molecule has 0 spiro atoms. The topological polar surface area (TPSA) is 53.8 Å². The van der Waals surface area contributed by atoms with Crippen LogP contribution in [-0.4, -0.2) is 19.9 Å². The number of nitrogens with one attached hydrogen (secondary N) is 1. The van der Waals surface area contributed by atoms with Crippen molar-refractivity contribution in [2.45, 2.75) is 0 Å². The lowest BCUT2D eigenvalue weighted by Crippen LogP contribution is -1.97. The molecule has 100 valence electrons. The third kappa shape index (κ3) is 2.28. The van der Waals surface area contributed by atoms with E-state index in [0.29, 0.717) is 16.2 Å². The van der Waals surface area contributed by atoms with Crippen LogP contribution in [0.4, 0.5) is 0 Å². The minimum atomic E-state index is 0.167. The molecule has 0 aliphatic carbocycles. The molecule has 2 N–H and O–H groups in total. The van der Waals surface area contributed by atoms with Crippen molar-refractivity contribution in [3.63, 3.8) is 0 Å². The molecule has 0 saturated carbocycles. The first-order chi connectivity index (χ1) is 9.66. The summed E-state index contributed by atoms with van der Waals surface area (Å²) in [7, 11) is 0. The van der Waals surface area contributed by atoms with Crippen LogP contribution in [0.2, 0.25) is 0 Å². The van der Waals surface area contributed by atoms with E-state index in [1.54, 1.807) is 22.8 Å². The minimum absolute atomic E-state index is 0.167. The number of benzene rings is 2. The van der Waals surface area contributed by atoms with Crippen LogP contribution < -0.4 is 0 Å². The Bertz CT molecular complexity index is 808. The van der Waals surface area contributed by atoms with Crippen molar-refractivity contribution in [3.8, 4) is 22.8 Å². The Balaban J connectivity index is 2.23. The standard InChI is InChI=1S/C14H10BrN3OS/c15-9-5-7-10(8-6-9)18-13(16-17-14(18)20)11-3-1-2-4-12(11)19/h1-8,19H,(H,17,20). The van der Waals surface area contributed by atoms with E-state index in [2.05, 4.69) is 26.1 Å². The summed E-state index contributed by atoms with van der Waals surface area (Å²) in [6.45, 7) is 0. The van der Waals surface area contributed by atoms with Crippen molar-refractivity contribution >= 4 is 28.1 Å². The molecule has 0 radical (unpaired) electrons. The second kappa shape index (κ2) is 5.22. The van der Waals surface area contributed by atoms with E-state index in [-0.39, 0.29) is 5.75 Å². The van der Waals surface area contributed by atoms with Crippen LogP contribution in [0.1, 0.15) is 0 Å². The summed E-state index contributed by atoms with van der Waals surface area (Å²) in [5.74, 6) is 0.746. The summed E-state index contributed by atoms with van der Waals surface area (Å²) in [5, 5.41) is 17.0. The molecule has 0 aliphatic rings. The molecule has 2 aromatic carbocycles. The number of H-pyrrole nitrogens is 1. The quantitative estimate of drug-likeness (QED) is 0.687. The highest BCUT2D eigenvalue weighted by atomic mass is 79.9. The number of halogens is 1. The Kier molecular flexibility index (Phi) is 3.42. The smallest absolute Gasteiger partial charge is 0.200 e.